The van der Waals surface area contributed by atoms with Crippen LogP contribution in [0.2, 0.25) is 15.1 Å². The number of piperidine rings is 1. The summed E-state index contributed by atoms with van der Waals surface area (Å²) in [6.45, 7) is 2.05. The highest BCUT2D eigenvalue weighted by molar-refractivity contribution is 6.37. The number of nitrogens with one attached hydrogen (secondary N) is 1. The number of aromatic nitrogens is 2. The Hall–Kier alpha value is -1.78. The van der Waals surface area contributed by atoms with Crippen molar-refractivity contribution in [2.45, 2.75) is 18.8 Å². The van der Waals surface area contributed by atoms with Crippen LogP contribution in [0.15, 0.2) is 48.5 Å². The van der Waals surface area contributed by atoms with Gasteiger partial charge in [0, 0.05) is 26.5 Å². The third kappa shape index (κ3) is 4.28. The van der Waals surface area contributed by atoms with E-state index in [4.69, 9.17) is 39.9 Å². The topological polar surface area (TPSA) is 29.9 Å². The Labute approximate surface area is 179 Å². The first-order valence-corrected chi connectivity index (χ1v) is 10.4. The molecule has 1 aromatic heterocycles. The molecule has 0 atom stereocenters. The van der Waals surface area contributed by atoms with Gasteiger partial charge in [0.25, 0.3) is 0 Å². The van der Waals surface area contributed by atoms with Crippen molar-refractivity contribution in [3.05, 3.63) is 80.6 Å². The molecule has 1 N–H and O–H groups in total. The molecule has 144 valence electrons. The molecule has 1 saturated heterocycles. The van der Waals surface area contributed by atoms with Crippen LogP contribution in [0.1, 0.15) is 35.7 Å². The van der Waals surface area contributed by atoms with Gasteiger partial charge in [0.1, 0.15) is 0 Å². The van der Waals surface area contributed by atoms with Gasteiger partial charge in [0.05, 0.1) is 17.1 Å². The Bertz CT molecular complexity index is 984. The maximum atomic E-state index is 6.32. The van der Waals surface area contributed by atoms with Crippen molar-refractivity contribution in [2.24, 2.45) is 0 Å². The molecule has 1 aliphatic rings. The van der Waals surface area contributed by atoms with Crippen molar-refractivity contribution in [1.29, 1.82) is 0 Å². The van der Waals surface area contributed by atoms with E-state index in [1.54, 1.807) is 0 Å². The quantitative estimate of drug-likeness (QED) is 0.512. The Morgan fingerprint density at radius 3 is 2.36 bits per heavy atom. The smallest absolute Gasteiger partial charge is 0.0671 e. The van der Waals surface area contributed by atoms with E-state index in [1.165, 1.54) is 0 Å². The van der Waals surface area contributed by atoms with Crippen molar-refractivity contribution in [3.63, 3.8) is 0 Å². The third-order valence-electron chi connectivity index (χ3n) is 4.99. The molecule has 0 bridgehead atoms. The van der Waals surface area contributed by atoms with Gasteiger partial charge in [-0.2, -0.15) is 5.10 Å². The molecule has 4 rings (SSSR count). The standard InChI is InChI=1S/C22H20Cl3N3/c23-16-3-1-4-17(13-16)28-18(7-8-19-20(24)5-2-6-21(19)25)14-22(27-28)15-9-11-26-12-10-15/h1-8,13-15,26H,9-12H2/b8-7+. The average molecular weight is 433 g/mol. The van der Waals surface area contributed by atoms with E-state index in [9.17, 15) is 0 Å². The molecule has 2 aromatic carbocycles. The largest absolute Gasteiger partial charge is 0.317 e. The third-order valence-corrected chi connectivity index (χ3v) is 5.88. The van der Waals surface area contributed by atoms with Gasteiger partial charge < -0.3 is 5.32 Å². The fourth-order valence-electron chi connectivity index (χ4n) is 3.50. The monoisotopic (exact) mass is 431 g/mol. The minimum Gasteiger partial charge on any atom is -0.317 e. The lowest BCUT2D eigenvalue weighted by Crippen LogP contribution is -2.26. The summed E-state index contributed by atoms with van der Waals surface area (Å²) in [5.41, 5.74) is 3.80. The molecular weight excluding hydrogens is 413 g/mol. The summed E-state index contributed by atoms with van der Waals surface area (Å²) in [5.74, 6) is 0.456. The Morgan fingerprint density at radius 2 is 1.64 bits per heavy atom. The summed E-state index contributed by atoms with van der Waals surface area (Å²) in [6.07, 6.45) is 6.12. The van der Waals surface area contributed by atoms with Gasteiger partial charge in [-0.3, -0.25) is 0 Å². The van der Waals surface area contributed by atoms with Gasteiger partial charge in [-0.25, -0.2) is 4.68 Å². The molecule has 0 radical (unpaired) electrons. The lowest BCUT2D eigenvalue weighted by molar-refractivity contribution is 0.451. The lowest BCUT2D eigenvalue weighted by atomic mass is 9.94. The van der Waals surface area contributed by atoms with E-state index in [2.05, 4.69) is 11.4 Å². The van der Waals surface area contributed by atoms with Crippen molar-refractivity contribution < 1.29 is 0 Å². The summed E-state index contributed by atoms with van der Waals surface area (Å²) in [7, 11) is 0. The van der Waals surface area contributed by atoms with Crippen LogP contribution in [0.3, 0.4) is 0 Å². The van der Waals surface area contributed by atoms with Gasteiger partial charge in [0.15, 0.2) is 0 Å². The molecule has 1 fully saturated rings. The summed E-state index contributed by atoms with van der Waals surface area (Å²) < 4.78 is 1.94. The number of rotatable bonds is 4. The summed E-state index contributed by atoms with van der Waals surface area (Å²) in [5, 5.41) is 10.2. The van der Waals surface area contributed by atoms with Crippen LogP contribution in [-0.2, 0) is 0 Å². The molecule has 2 heterocycles. The van der Waals surface area contributed by atoms with Crippen LogP contribution in [0.25, 0.3) is 17.8 Å². The summed E-state index contributed by atoms with van der Waals surface area (Å²) in [6, 6.07) is 15.4. The van der Waals surface area contributed by atoms with Crippen molar-refractivity contribution in [3.8, 4) is 5.69 Å². The molecule has 3 nitrogen and oxygen atoms in total. The molecule has 0 amide bonds. The molecule has 0 aliphatic carbocycles. The Morgan fingerprint density at radius 1 is 0.929 bits per heavy atom. The number of benzene rings is 2. The van der Waals surface area contributed by atoms with Crippen molar-refractivity contribution in [2.75, 3.05) is 13.1 Å². The first kappa shape index (κ1) is 19.5. The highest BCUT2D eigenvalue weighted by atomic mass is 35.5. The molecule has 28 heavy (non-hydrogen) atoms. The van der Waals surface area contributed by atoms with Gasteiger partial charge in [-0.15, -0.1) is 0 Å². The van der Waals surface area contributed by atoms with E-state index in [0.29, 0.717) is 21.0 Å². The normalized spacial score (nSPS) is 15.4. The zero-order valence-electron chi connectivity index (χ0n) is 15.2. The predicted molar refractivity (Wildman–Crippen MR) is 119 cm³/mol. The van der Waals surface area contributed by atoms with Gasteiger partial charge in [-0.1, -0.05) is 46.9 Å². The zero-order valence-corrected chi connectivity index (χ0v) is 17.5. The van der Waals surface area contributed by atoms with Crippen LogP contribution < -0.4 is 5.32 Å². The molecule has 0 spiro atoms. The number of hydrogen-bond donors (Lipinski definition) is 1. The Balaban J connectivity index is 1.76. The van der Waals surface area contributed by atoms with Gasteiger partial charge >= 0.3 is 0 Å². The molecular formula is C22H20Cl3N3. The molecule has 3 aromatic rings. The molecule has 0 saturated carbocycles. The molecule has 6 heteroatoms. The van der Waals surface area contributed by atoms with E-state index in [0.717, 1.165) is 48.6 Å². The first-order valence-electron chi connectivity index (χ1n) is 9.30. The van der Waals surface area contributed by atoms with Gasteiger partial charge in [0.2, 0.25) is 0 Å². The second-order valence-corrected chi connectivity index (χ2v) is 8.13. The molecule has 0 unspecified atom stereocenters. The van der Waals surface area contributed by atoms with Crippen molar-refractivity contribution >= 4 is 47.0 Å². The number of halogens is 3. The molecule has 1 aliphatic heterocycles. The van der Waals surface area contributed by atoms with Gasteiger partial charge in [-0.05, 0) is 74.5 Å². The van der Waals surface area contributed by atoms with E-state index in [-0.39, 0.29) is 0 Å². The number of nitrogens with zero attached hydrogens (tertiary/aromatic N) is 2. The minimum atomic E-state index is 0.456. The average Bonchev–Trinajstić information content (AvgIpc) is 3.13. The summed E-state index contributed by atoms with van der Waals surface area (Å²) in [4.78, 5) is 0. The highest BCUT2D eigenvalue weighted by Gasteiger charge is 2.20. The zero-order chi connectivity index (χ0) is 19.5. The van der Waals surface area contributed by atoms with E-state index in [1.807, 2.05) is 59.3 Å². The lowest BCUT2D eigenvalue weighted by Gasteiger charge is -2.20. The highest BCUT2D eigenvalue weighted by Crippen LogP contribution is 2.29. The first-order chi connectivity index (χ1) is 13.6. The van der Waals surface area contributed by atoms with Crippen LogP contribution in [-0.4, -0.2) is 22.9 Å². The fourth-order valence-corrected chi connectivity index (χ4v) is 4.21. The second kappa shape index (κ2) is 8.71. The fraction of sp³-hybridized carbons (Fsp3) is 0.227. The SMILES string of the molecule is Clc1cccc(-n2nc(C3CCNCC3)cc2/C=C/c2c(Cl)cccc2Cl)c1. The van der Waals surface area contributed by atoms with Crippen LogP contribution >= 0.6 is 34.8 Å². The van der Waals surface area contributed by atoms with Crippen LogP contribution in [0, 0.1) is 0 Å². The van der Waals surface area contributed by atoms with Crippen molar-refractivity contribution in [1.82, 2.24) is 15.1 Å². The second-order valence-electron chi connectivity index (χ2n) is 6.88. The summed E-state index contributed by atoms with van der Waals surface area (Å²) >= 11 is 18.9. The number of hydrogen-bond acceptors (Lipinski definition) is 2. The predicted octanol–water partition coefficient (Wildman–Crippen LogP) is 6.47. The van der Waals surface area contributed by atoms with Crippen LogP contribution in [0.5, 0.6) is 0 Å². The van der Waals surface area contributed by atoms with E-state index >= 15 is 0 Å². The maximum absolute atomic E-state index is 6.32. The van der Waals surface area contributed by atoms with E-state index < -0.39 is 0 Å². The Kier molecular flexibility index (Phi) is 6.07. The van der Waals surface area contributed by atoms with Crippen LogP contribution in [0.4, 0.5) is 0 Å². The minimum absolute atomic E-state index is 0.456. The maximum Gasteiger partial charge on any atom is 0.0671 e.